The Balaban J connectivity index is 1.81. The monoisotopic (exact) mass is 395 g/mol. The third-order valence-corrected chi connectivity index (χ3v) is 4.36. The molecule has 2 heterocycles. The van der Waals surface area contributed by atoms with Crippen molar-refractivity contribution >= 4 is 11.0 Å². The van der Waals surface area contributed by atoms with Crippen LogP contribution in [-0.4, -0.2) is 14.5 Å². The van der Waals surface area contributed by atoms with Crippen LogP contribution in [-0.2, 0) is 13.2 Å². The van der Waals surface area contributed by atoms with Crippen molar-refractivity contribution in [3.8, 4) is 23.2 Å². The van der Waals surface area contributed by atoms with Crippen LogP contribution in [0, 0.1) is 17.7 Å². The van der Waals surface area contributed by atoms with Gasteiger partial charge in [0.05, 0.1) is 10.9 Å². The zero-order valence-electron chi connectivity index (χ0n) is 15.1. The van der Waals surface area contributed by atoms with Gasteiger partial charge in [-0.3, -0.25) is 0 Å². The topological polar surface area (TPSA) is 30.7 Å². The quantitative estimate of drug-likeness (QED) is 0.328. The second-order valence-corrected chi connectivity index (χ2v) is 6.39. The van der Waals surface area contributed by atoms with Crippen LogP contribution in [0.3, 0.4) is 0 Å². The molecule has 0 aliphatic carbocycles. The van der Waals surface area contributed by atoms with Gasteiger partial charge in [-0.1, -0.05) is 18.1 Å². The van der Waals surface area contributed by atoms with Gasteiger partial charge in [-0.15, -0.1) is 0 Å². The first-order valence-electron chi connectivity index (χ1n) is 8.59. The maximum absolute atomic E-state index is 13.1. The van der Waals surface area contributed by atoms with Gasteiger partial charge in [0, 0.05) is 24.4 Å². The predicted molar refractivity (Wildman–Crippen MR) is 101 cm³/mol. The zero-order chi connectivity index (χ0) is 20.6. The molecule has 3 nitrogen and oxygen atoms in total. The van der Waals surface area contributed by atoms with Gasteiger partial charge in [0.25, 0.3) is 0 Å². The highest BCUT2D eigenvalue weighted by atomic mass is 19.4. The second kappa shape index (κ2) is 7.06. The van der Waals surface area contributed by atoms with Gasteiger partial charge < -0.3 is 4.57 Å². The van der Waals surface area contributed by atoms with E-state index in [0.29, 0.717) is 22.5 Å². The van der Waals surface area contributed by atoms with Gasteiger partial charge in [-0.05, 0) is 48.4 Å². The van der Waals surface area contributed by atoms with Gasteiger partial charge in [0.15, 0.2) is 5.82 Å². The number of fused-ring (bicyclic) bond motifs is 1. The molecular weight excluding hydrogens is 382 g/mol. The average molecular weight is 395 g/mol. The molecule has 0 unspecified atom stereocenters. The summed E-state index contributed by atoms with van der Waals surface area (Å²) in [6, 6.07) is 12.2. The molecule has 0 saturated heterocycles. The number of rotatable bonds is 1. The number of halogens is 4. The average Bonchev–Trinajstić information content (AvgIpc) is 3.08. The minimum Gasteiger partial charge on any atom is -0.335 e. The number of aromatic nitrogens is 3. The summed E-state index contributed by atoms with van der Waals surface area (Å²) >= 11 is 0. The summed E-state index contributed by atoms with van der Waals surface area (Å²) in [7, 11) is 1.81. The lowest BCUT2D eigenvalue weighted by Gasteiger charge is -2.08. The molecule has 0 radical (unpaired) electrons. The molecule has 4 rings (SSSR count). The summed E-state index contributed by atoms with van der Waals surface area (Å²) in [5.74, 6) is 5.82. The Morgan fingerprint density at radius 1 is 0.862 bits per heavy atom. The Hall–Kier alpha value is -3.66. The second-order valence-electron chi connectivity index (χ2n) is 6.39. The molecule has 0 fully saturated rings. The highest BCUT2D eigenvalue weighted by Gasteiger charge is 2.30. The van der Waals surface area contributed by atoms with Crippen LogP contribution in [0.25, 0.3) is 22.4 Å². The van der Waals surface area contributed by atoms with Crippen LogP contribution < -0.4 is 0 Å². The van der Waals surface area contributed by atoms with E-state index in [9.17, 15) is 17.6 Å². The van der Waals surface area contributed by atoms with E-state index in [2.05, 4.69) is 21.8 Å². The maximum Gasteiger partial charge on any atom is 0.416 e. The van der Waals surface area contributed by atoms with Gasteiger partial charge in [0.1, 0.15) is 17.2 Å². The Labute approximate surface area is 163 Å². The van der Waals surface area contributed by atoms with Crippen molar-refractivity contribution in [2.45, 2.75) is 6.18 Å². The van der Waals surface area contributed by atoms with E-state index in [4.69, 9.17) is 0 Å². The Bertz CT molecular complexity index is 1240. The van der Waals surface area contributed by atoms with Crippen LogP contribution in [0.2, 0.25) is 0 Å². The number of aryl methyl sites for hydroxylation is 1. The number of hydrogen-bond acceptors (Lipinski definition) is 2. The first-order valence-corrected chi connectivity index (χ1v) is 8.59. The molecule has 0 spiro atoms. The summed E-state index contributed by atoms with van der Waals surface area (Å²) in [5.41, 5.74) is 1.38. The fraction of sp³-hybridized carbons (Fsp3) is 0.0909. The van der Waals surface area contributed by atoms with Crippen molar-refractivity contribution in [1.29, 1.82) is 0 Å². The van der Waals surface area contributed by atoms with Crippen LogP contribution >= 0.6 is 0 Å². The van der Waals surface area contributed by atoms with E-state index in [-0.39, 0.29) is 11.6 Å². The molecule has 4 aromatic rings. The van der Waals surface area contributed by atoms with Crippen molar-refractivity contribution in [2.75, 3.05) is 0 Å². The van der Waals surface area contributed by atoms with Crippen molar-refractivity contribution in [3.05, 3.63) is 83.4 Å². The predicted octanol–water partition coefficient (Wildman–Crippen LogP) is 5.19. The van der Waals surface area contributed by atoms with E-state index in [1.54, 1.807) is 22.9 Å². The lowest BCUT2D eigenvalue weighted by Crippen LogP contribution is -2.04. The zero-order valence-corrected chi connectivity index (χ0v) is 15.1. The van der Waals surface area contributed by atoms with Crippen LogP contribution in [0.4, 0.5) is 17.6 Å². The van der Waals surface area contributed by atoms with Gasteiger partial charge in [0.2, 0.25) is 0 Å². The molecule has 29 heavy (non-hydrogen) atoms. The molecule has 0 atom stereocenters. The number of nitrogens with zero attached hydrogens (tertiary/aromatic N) is 3. The van der Waals surface area contributed by atoms with Crippen molar-refractivity contribution in [2.24, 2.45) is 7.05 Å². The third kappa shape index (κ3) is 3.83. The Morgan fingerprint density at radius 3 is 2.21 bits per heavy atom. The minimum atomic E-state index is -4.41. The summed E-state index contributed by atoms with van der Waals surface area (Å²) in [4.78, 5) is 8.93. The smallest absolute Gasteiger partial charge is 0.335 e. The third-order valence-electron chi connectivity index (χ3n) is 4.36. The molecule has 7 heteroatoms. The van der Waals surface area contributed by atoms with Gasteiger partial charge in [-0.25, -0.2) is 14.4 Å². The normalized spacial score (nSPS) is 11.3. The van der Waals surface area contributed by atoms with E-state index in [0.717, 1.165) is 17.5 Å². The van der Waals surface area contributed by atoms with Gasteiger partial charge >= 0.3 is 6.18 Å². The highest BCUT2D eigenvalue weighted by molar-refractivity contribution is 5.83. The fourth-order valence-corrected chi connectivity index (χ4v) is 2.83. The first kappa shape index (κ1) is 18.7. The molecule has 0 amide bonds. The van der Waals surface area contributed by atoms with Crippen LogP contribution in [0.15, 0.2) is 60.8 Å². The summed E-state index contributed by atoms with van der Waals surface area (Å²) in [6.07, 6.45) is -2.60. The summed E-state index contributed by atoms with van der Waals surface area (Å²) in [6.45, 7) is 0. The molecule has 0 bridgehead atoms. The van der Waals surface area contributed by atoms with Gasteiger partial charge in [-0.2, -0.15) is 13.2 Å². The Morgan fingerprint density at radius 2 is 1.55 bits per heavy atom. The fourth-order valence-electron chi connectivity index (χ4n) is 2.83. The first-order chi connectivity index (χ1) is 13.8. The molecule has 0 N–H and O–H groups in total. The molecule has 2 aromatic carbocycles. The number of hydrogen-bond donors (Lipinski definition) is 0. The molecule has 2 aromatic heterocycles. The summed E-state index contributed by atoms with van der Waals surface area (Å²) in [5, 5.41) is 0.720. The Kier molecular flexibility index (Phi) is 4.55. The van der Waals surface area contributed by atoms with E-state index in [1.165, 1.54) is 24.3 Å². The standard InChI is InChI=1S/C22H13F4N3/c1-29-13-12-18-19(11-4-14-2-9-17(23)10-3-14)27-20(28-21(18)29)15-5-7-16(8-6-15)22(24,25)26/h2-3,5-10,12-13H,1H3. The van der Waals surface area contributed by atoms with Crippen LogP contribution in [0.5, 0.6) is 0 Å². The van der Waals surface area contributed by atoms with E-state index >= 15 is 0 Å². The van der Waals surface area contributed by atoms with Crippen LogP contribution in [0.1, 0.15) is 16.8 Å². The molecule has 144 valence electrons. The number of alkyl halides is 3. The molecule has 0 aliphatic rings. The highest BCUT2D eigenvalue weighted by Crippen LogP contribution is 2.30. The van der Waals surface area contributed by atoms with Crippen molar-refractivity contribution in [1.82, 2.24) is 14.5 Å². The molecular formula is C22H13F4N3. The molecule has 0 saturated carbocycles. The lowest BCUT2D eigenvalue weighted by atomic mass is 10.1. The van der Waals surface area contributed by atoms with E-state index in [1.807, 2.05) is 13.1 Å². The van der Waals surface area contributed by atoms with Crippen molar-refractivity contribution in [3.63, 3.8) is 0 Å². The largest absolute Gasteiger partial charge is 0.416 e. The molecule has 0 aliphatic heterocycles. The minimum absolute atomic E-state index is 0.274. The summed E-state index contributed by atoms with van der Waals surface area (Å²) < 4.78 is 53.3. The van der Waals surface area contributed by atoms with Crippen molar-refractivity contribution < 1.29 is 17.6 Å². The SMILES string of the molecule is Cn1ccc2c(C#Cc3ccc(F)cc3)nc(-c3ccc(C(F)(F)F)cc3)nc21. The van der Waals surface area contributed by atoms with E-state index < -0.39 is 11.7 Å². The maximum atomic E-state index is 13.1. The number of benzene rings is 2. The lowest BCUT2D eigenvalue weighted by molar-refractivity contribution is -0.137.